The number of rotatable bonds is 5. The number of likely N-dealkylation sites (tertiary alicyclic amines) is 2. The molecule has 0 unspecified atom stereocenters. The second kappa shape index (κ2) is 9.22. The molecule has 170 valence electrons. The first-order valence-corrected chi connectivity index (χ1v) is 11.9. The fourth-order valence-corrected chi connectivity index (χ4v) is 5.20. The molecular formula is C27H29N3O3. The number of carbonyl (C=O) groups excluding carboxylic acids is 2. The number of nitrogens with zero attached hydrogens (tertiary/aromatic N) is 3. The molecule has 0 radical (unpaired) electrons. The van der Waals surface area contributed by atoms with Crippen LogP contribution in [-0.2, 0) is 16.1 Å². The van der Waals surface area contributed by atoms with Gasteiger partial charge in [0.25, 0.3) is 5.56 Å². The van der Waals surface area contributed by atoms with Crippen LogP contribution in [0.3, 0.4) is 0 Å². The van der Waals surface area contributed by atoms with Gasteiger partial charge in [-0.1, -0.05) is 48.5 Å². The Bertz CT molecular complexity index is 1230. The number of aromatic nitrogens is 1. The average Bonchev–Trinajstić information content (AvgIpc) is 3.56. The smallest absolute Gasteiger partial charge is 0.258 e. The zero-order chi connectivity index (χ0) is 22.8. The van der Waals surface area contributed by atoms with Crippen LogP contribution in [-0.4, -0.2) is 51.9 Å². The van der Waals surface area contributed by atoms with Gasteiger partial charge in [-0.15, -0.1) is 0 Å². The molecule has 33 heavy (non-hydrogen) atoms. The Labute approximate surface area is 193 Å². The monoisotopic (exact) mass is 443 g/mol. The van der Waals surface area contributed by atoms with Gasteiger partial charge in [0, 0.05) is 38.2 Å². The lowest BCUT2D eigenvalue weighted by atomic mass is 10.0. The molecule has 0 aliphatic carbocycles. The van der Waals surface area contributed by atoms with E-state index in [2.05, 4.69) is 0 Å². The van der Waals surface area contributed by atoms with E-state index < -0.39 is 0 Å². The van der Waals surface area contributed by atoms with Crippen LogP contribution in [0.1, 0.15) is 32.1 Å². The van der Waals surface area contributed by atoms with E-state index in [4.69, 9.17) is 0 Å². The van der Waals surface area contributed by atoms with Crippen molar-refractivity contribution in [3.05, 3.63) is 71.0 Å². The molecule has 2 saturated heterocycles. The summed E-state index contributed by atoms with van der Waals surface area (Å²) >= 11 is 0. The Morgan fingerprint density at radius 3 is 2.39 bits per heavy atom. The van der Waals surface area contributed by atoms with Gasteiger partial charge < -0.3 is 14.4 Å². The SMILES string of the molecule is O=C([C@@H]1CCCN1C(=O)CCn1c(=O)c(-c2ccccc2)cc2ccccc21)N1CCCC1. The molecule has 0 bridgehead atoms. The van der Waals surface area contributed by atoms with Gasteiger partial charge >= 0.3 is 0 Å². The molecule has 1 aromatic heterocycles. The van der Waals surface area contributed by atoms with Gasteiger partial charge in [-0.3, -0.25) is 14.4 Å². The zero-order valence-electron chi connectivity index (χ0n) is 18.8. The van der Waals surface area contributed by atoms with Crippen molar-refractivity contribution >= 4 is 22.7 Å². The van der Waals surface area contributed by atoms with Crippen LogP contribution >= 0.6 is 0 Å². The number of amides is 2. The number of fused-ring (bicyclic) bond motifs is 1. The maximum atomic E-state index is 13.4. The molecule has 2 amide bonds. The molecule has 0 N–H and O–H groups in total. The van der Waals surface area contributed by atoms with Crippen LogP contribution in [0.4, 0.5) is 0 Å². The van der Waals surface area contributed by atoms with Crippen LogP contribution in [0.25, 0.3) is 22.0 Å². The first kappa shape index (κ1) is 21.4. The van der Waals surface area contributed by atoms with E-state index in [-0.39, 0.29) is 29.8 Å². The second-order valence-corrected chi connectivity index (χ2v) is 8.97. The van der Waals surface area contributed by atoms with Gasteiger partial charge in [-0.05, 0) is 48.8 Å². The highest BCUT2D eigenvalue weighted by Gasteiger charge is 2.36. The zero-order valence-corrected chi connectivity index (χ0v) is 18.8. The third-order valence-electron chi connectivity index (χ3n) is 6.91. The Balaban J connectivity index is 1.40. The Morgan fingerprint density at radius 2 is 1.61 bits per heavy atom. The van der Waals surface area contributed by atoms with Crippen LogP contribution < -0.4 is 5.56 Å². The van der Waals surface area contributed by atoms with Crippen molar-refractivity contribution in [2.75, 3.05) is 19.6 Å². The first-order chi connectivity index (χ1) is 16.1. The molecule has 1 atom stereocenters. The summed E-state index contributed by atoms with van der Waals surface area (Å²) in [6.07, 6.45) is 3.86. The highest BCUT2D eigenvalue weighted by molar-refractivity contribution is 5.89. The molecule has 0 spiro atoms. The predicted molar refractivity (Wildman–Crippen MR) is 129 cm³/mol. The molecule has 2 aliphatic heterocycles. The van der Waals surface area contributed by atoms with Crippen molar-refractivity contribution in [2.45, 2.75) is 44.7 Å². The largest absolute Gasteiger partial charge is 0.341 e. The molecule has 3 aromatic rings. The fourth-order valence-electron chi connectivity index (χ4n) is 5.20. The van der Waals surface area contributed by atoms with Crippen molar-refractivity contribution in [2.24, 2.45) is 0 Å². The number of carbonyl (C=O) groups is 2. The van der Waals surface area contributed by atoms with E-state index in [0.717, 1.165) is 55.2 Å². The minimum absolute atomic E-state index is 0.0499. The van der Waals surface area contributed by atoms with Gasteiger partial charge in [0.05, 0.1) is 5.52 Å². The highest BCUT2D eigenvalue weighted by atomic mass is 16.2. The van der Waals surface area contributed by atoms with Crippen LogP contribution in [0.5, 0.6) is 0 Å². The van der Waals surface area contributed by atoms with Crippen LogP contribution in [0.15, 0.2) is 65.5 Å². The molecular weight excluding hydrogens is 414 g/mol. The number of aryl methyl sites for hydroxylation is 1. The van der Waals surface area contributed by atoms with Gasteiger partial charge in [0.2, 0.25) is 11.8 Å². The topological polar surface area (TPSA) is 62.6 Å². The summed E-state index contributed by atoms with van der Waals surface area (Å²) in [5.41, 5.74) is 2.22. The first-order valence-electron chi connectivity index (χ1n) is 11.9. The Kier molecular flexibility index (Phi) is 5.99. The number of pyridine rings is 1. The third-order valence-corrected chi connectivity index (χ3v) is 6.91. The predicted octanol–water partition coefficient (Wildman–Crippen LogP) is 3.67. The highest BCUT2D eigenvalue weighted by Crippen LogP contribution is 2.24. The van der Waals surface area contributed by atoms with Crippen molar-refractivity contribution in [1.29, 1.82) is 0 Å². The van der Waals surface area contributed by atoms with E-state index in [9.17, 15) is 14.4 Å². The summed E-state index contributed by atoms with van der Waals surface area (Å²) in [4.78, 5) is 43.2. The molecule has 6 heteroatoms. The number of benzene rings is 2. The van der Waals surface area contributed by atoms with Crippen LogP contribution in [0, 0.1) is 0 Å². The lowest BCUT2D eigenvalue weighted by Crippen LogP contribution is -2.47. The van der Waals surface area contributed by atoms with E-state index in [1.807, 2.05) is 65.6 Å². The molecule has 2 aromatic carbocycles. The Morgan fingerprint density at radius 1 is 0.879 bits per heavy atom. The molecule has 0 saturated carbocycles. The fraction of sp³-hybridized carbons (Fsp3) is 0.370. The summed E-state index contributed by atoms with van der Waals surface area (Å²) in [5.74, 6) is 0.0400. The lowest BCUT2D eigenvalue weighted by molar-refractivity contribution is -0.143. The lowest BCUT2D eigenvalue weighted by Gasteiger charge is -2.28. The van der Waals surface area contributed by atoms with Gasteiger partial charge in [-0.2, -0.15) is 0 Å². The minimum Gasteiger partial charge on any atom is -0.341 e. The minimum atomic E-state index is -0.347. The normalized spacial score (nSPS) is 18.2. The summed E-state index contributed by atoms with van der Waals surface area (Å²) in [5, 5.41) is 0.965. The molecule has 5 rings (SSSR count). The van der Waals surface area contributed by atoms with E-state index in [1.54, 1.807) is 9.47 Å². The van der Waals surface area contributed by atoms with E-state index in [0.29, 0.717) is 18.7 Å². The maximum absolute atomic E-state index is 13.4. The van der Waals surface area contributed by atoms with E-state index >= 15 is 0 Å². The molecule has 6 nitrogen and oxygen atoms in total. The van der Waals surface area contributed by atoms with Crippen molar-refractivity contribution in [1.82, 2.24) is 14.4 Å². The van der Waals surface area contributed by atoms with Crippen molar-refractivity contribution < 1.29 is 9.59 Å². The van der Waals surface area contributed by atoms with E-state index in [1.165, 1.54) is 0 Å². The average molecular weight is 444 g/mol. The Hall–Kier alpha value is -3.41. The summed E-state index contributed by atoms with van der Waals surface area (Å²) in [6, 6.07) is 19.0. The maximum Gasteiger partial charge on any atom is 0.258 e. The number of para-hydroxylation sites is 1. The van der Waals surface area contributed by atoms with Crippen LogP contribution in [0.2, 0.25) is 0 Å². The summed E-state index contributed by atoms with van der Waals surface area (Å²) in [6.45, 7) is 2.50. The number of hydrogen-bond acceptors (Lipinski definition) is 3. The molecule has 3 heterocycles. The standard InChI is InChI=1S/C27H29N3O3/c31-25(29-17-8-13-24(29)27(33)28-15-6-7-16-28)14-18-30-23-12-5-4-11-21(23)19-22(26(30)32)20-9-2-1-3-10-20/h1-5,9-12,19,24H,6-8,13-18H2/t24-/m0/s1. The quantitative estimate of drug-likeness (QED) is 0.605. The second-order valence-electron chi connectivity index (χ2n) is 8.97. The molecule has 2 fully saturated rings. The van der Waals surface area contributed by atoms with Crippen molar-refractivity contribution in [3.63, 3.8) is 0 Å². The van der Waals surface area contributed by atoms with Gasteiger partial charge in [0.15, 0.2) is 0 Å². The van der Waals surface area contributed by atoms with Crippen molar-refractivity contribution in [3.8, 4) is 11.1 Å². The number of hydrogen-bond donors (Lipinski definition) is 0. The van der Waals surface area contributed by atoms with Gasteiger partial charge in [0.1, 0.15) is 6.04 Å². The van der Waals surface area contributed by atoms with Gasteiger partial charge in [-0.25, -0.2) is 0 Å². The summed E-state index contributed by atoms with van der Waals surface area (Å²) < 4.78 is 1.71. The third kappa shape index (κ3) is 4.17. The summed E-state index contributed by atoms with van der Waals surface area (Å²) in [7, 11) is 0. The molecule has 2 aliphatic rings.